The van der Waals surface area contributed by atoms with Gasteiger partial charge < -0.3 is 0 Å². The highest BCUT2D eigenvalue weighted by Gasteiger charge is 2.37. The van der Waals surface area contributed by atoms with E-state index in [9.17, 15) is 22.0 Å². The Kier molecular flexibility index (Phi) is 6.04. The van der Waals surface area contributed by atoms with E-state index >= 15 is 0 Å². The standard InChI is InChI=1S/C40H23F5N4/c1-18-13-31-33(47-36-21-7-10-28(40(43,44)45)20(3)29(41)11-8-22(15-21)37(36)46-31)16-26(18)27-17-34-32(14-19(27)2)48-39-25-9-12-30(42)23-5-4-6-24(35(23)25)38(39)49-34/h4-14,16-17H,3,15H2,1-2H3/b21-7+,22-8+,28-10+,29-11+. The molecule has 9 heteroatoms. The zero-order chi connectivity index (χ0) is 33.9. The van der Waals surface area contributed by atoms with E-state index in [0.29, 0.717) is 55.7 Å². The average molecular weight is 655 g/mol. The van der Waals surface area contributed by atoms with Gasteiger partial charge in [-0.15, -0.1) is 0 Å². The summed E-state index contributed by atoms with van der Waals surface area (Å²) >= 11 is 0. The monoisotopic (exact) mass is 654 g/mol. The second-order valence-corrected chi connectivity index (χ2v) is 12.6. The lowest BCUT2D eigenvalue weighted by Crippen LogP contribution is -2.14. The number of benzene rings is 4. The van der Waals surface area contributed by atoms with Gasteiger partial charge in [0, 0.05) is 33.9 Å². The molecule has 3 aliphatic carbocycles. The SMILES string of the molecule is C=C1/C(F)=C\C=C2/C/C(=C\C=C/1C(F)(F)F)c1nc3cc(-c4cc5nc6c(nc5cc4C)-c4ccc(F)c5cccc-6c45)c(C)cc3nc12. The molecule has 4 nitrogen and oxygen atoms in total. The van der Waals surface area contributed by atoms with Gasteiger partial charge in [-0.25, -0.2) is 28.7 Å². The van der Waals surface area contributed by atoms with Crippen molar-refractivity contribution in [3.63, 3.8) is 0 Å². The minimum Gasteiger partial charge on any atom is -0.244 e. The molecule has 9 rings (SSSR count). The molecule has 0 radical (unpaired) electrons. The third-order valence-electron chi connectivity index (χ3n) is 9.60. The molecule has 2 bridgehead atoms. The Bertz CT molecular complexity index is 2680. The number of aryl methyl sites for hydroxylation is 2. The summed E-state index contributed by atoms with van der Waals surface area (Å²) < 4.78 is 70.9. The highest BCUT2D eigenvalue weighted by Crippen LogP contribution is 2.47. The molecule has 49 heavy (non-hydrogen) atoms. The molecule has 4 aromatic carbocycles. The molecule has 3 aliphatic rings. The Morgan fingerprint density at radius 3 is 1.73 bits per heavy atom. The molecule has 0 N–H and O–H groups in total. The average Bonchev–Trinajstić information content (AvgIpc) is 3.56. The fraction of sp³-hybridized carbons (Fsp3) is 0.100. The van der Waals surface area contributed by atoms with Crippen molar-refractivity contribution in [2.45, 2.75) is 26.4 Å². The summed E-state index contributed by atoms with van der Waals surface area (Å²) in [5.74, 6) is -1.35. The van der Waals surface area contributed by atoms with Gasteiger partial charge in [-0.3, -0.25) is 0 Å². The van der Waals surface area contributed by atoms with Gasteiger partial charge in [-0.05, 0) is 95.8 Å². The second kappa shape index (κ2) is 10.1. The van der Waals surface area contributed by atoms with E-state index in [1.807, 2.05) is 50.2 Å². The maximum absolute atomic E-state index is 14.7. The van der Waals surface area contributed by atoms with E-state index < -0.39 is 23.1 Å². The van der Waals surface area contributed by atoms with Gasteiger partial charge in [0.15, 0.2) is 0 Å². The minimum absolute atomic E-state index is 0.256. The number of halogens is 5. The summed E-state index contributed by atoms with van der Waals surface area (Å²) in [6.07, 6.45) is 0.124. The number of alkyl halides is 3. The molecule has 2 heterocycles. The minimum atomic E-state index is -4.79. The van der Waals surface area contributed by atoms with Crippen molar-refractivity contribution in [3.8, 4) is 33.6 Å². The number of nitrogens with zero attached hydrogens (tertiary/aromatic N) is 4. The van der Waals surface area contributed by atoms with Crippen LogP contribution < -0.4 is 0 Å². The number of fused-ring (bicyclic) bond motifs is 10. The van der Waals surface area contributed by atoms with Crippen molar-refractivity contribution >= 4 is 44.0 Å². The molecule has 238 valence electrons. The molecule has 2 aromatic heterocycles. The molecule has 0 atom stereocenters. The van der Waals surface area contributed by atoms with Crippen molar-refractivity contribution in [1.82, 2.24) is 19.9 Å². The first-order valence-corrected chi connectivity index (χ1v) is 15.6. The quantitative estimate of drug-likeness (QED) is 0.165. The number of allylic oxidation sites excluding steroid dienone is 9. The zero-order valence-corrected chi connectivity index (χ0v) is 26.1. The lowest BCUT2D eigenvalue weighted by molar-refractivity contribution is -0.0892. The molecule has 0 spiro atoms. The highest BCUT2D eigenvalue weighted by atomic mass is 19.4. The third-order valence-corrected chi connectivity index (χ3v) is 9.60. The lowest BCUT2D eigenvalue weighted by atomic mass is 9.95. The van der Waals surface area contributed by atoms with E-state index in [1.54, 1.807) is 12.1 Å². The van der Waals surface area contributed by atoms with Crippen LogP contribution in [0.25, 0.3) is 77.6 Å². The summed E-state index contributed by atoms with van der Waals surface area (Å²) in [4.78, 5) is 19.8. The van der Waals surface area contributed by atoms with Gasteiger partial charge >= 0.3 is 6.18 Å². The van der Waals surface area contributed by atoms with Crippen LogP contribution in [0, 0.1) is 19.7 Å². The van der Waals surface area contributed by atoms with E-state index in [1.165, 1.54) is 18.2 Å². The summed E-state index contributed by atoms with van der Waals surface area (Å²) in [6.45, 7) is 7.33. The van der Waals surface area contributed by atoms with Crippen molar-refractivity contribution in [2.24, 2.45) is 0 Å². The van der Waals surface area contributed by atoms with Crippen LogP contribution in [0.15, 0.2) is 102 Å². The molecule has 0 aliphatic heterocycles. The van der Waals surface area contributed by atoms with Crippen molar-refractivity contribution < 1.29 is 22.0 Å². The van der Waals surface area contributed by atoms with Crippen molar-refractivity contribution in [2.75, 3.05) is 0 Å². The third kappa shape index (κ3) is 4.34. The maximum Gasteiger partial charge on any atom is 0.417 e. The normalized spacial score (nSPS) is 19.5. The molecule has 0 saturated heterocycles. The first-order valence-electron chi connectivity index (χ1n) is 15.6. The van der Waals surface area contributed by atoms with Gasteiger partial charge in [0.1, 0.15) is 11.6 Å². The zero-order valence-electron chi connectivity index (χ0n) is 26.1. The van der Waals surface area contributed by atoms with Crippen LogP contribution in [0.3, 0.4) is 0 Å². The topological polar surface area (TPSA) is 51.6 Å². The predicted molar refractivity (Wildman–Crippen MR) is 182 cm³/mol. The van der Waals surface area contributed by atoms with Crippen LogP contribution in [0.1, 0.15) is 28.9 Å². The molecule has 0 fully saturated rings. The fourth-order valence-electron chi connectivity index (χ4n) is 7.19. The van der Waals surface area contributed by atoms with Crippen LogP contribution in [-0.2, 0) is 0 Å². The second-order valence-electron chi connectivity index (χ2n) is 12.6. The molecular weight excluding hydrogens is 631 g/mol. The molecule has 0 amide bonds. The summed E-state index contributed by atoms with van der Waals surface area (Å²) in [5, 5.41) is 1.35. The molecule has 6 aromatic rings. The van der Waals surface area contributed by atoms with Gasteiger partial charge in [-0.2, -0.15) is 13.2 Å². The van der Waals surface area contributed by atoms with E-state index in [0.717, 1.165) is 56.6 Å². The first kappa shape index (κ1) is 29.3. The smallest absolute Gasteiger partial charge is 0.244 e. The summed E-state index contributed by atoms with van der Waals surface area (Å²) in [6, 6.07) is 16.6. The maximum atomic E-state index is 14.7. The van der Waals surface area contributed by atoms with E-state index in [4.69, 9.17) is 19.9 Å². The largest absolute Gasteiger partial charge is 0.417 e. The van der Waals surface area contributed by atoms with Crippen LogP contribution >= 0.6 is 0 Å². The van der Waals surface area contributed by atoms with Crippen molar-refractivity contribution in [1.29, 1.82) is 0 Å². The van der Waals surface area contributed by atoms with Gasteiger partial charge in [0.25, 0.3) is 0 Å². The lowest BCUT2D eigenvalue weighted by Gasteiger charge is -2.13. The number of rotatable bonds is 1. The van der Waals surface area contributed by atoms with Gasteiger partial charge in [0.2, 0.25) is 0 Å². The highest BCUT2D eigenvalue weighted by molar-refractivity contribution is 6.14. The van der Waals surface area contributed by atoms with Crippen molar-refractivity contribution in [3.05, 3.63) is 131 Å². The molecular formula is C40H23F5N4. The van der Waals surface area contributed by atoms with E-state index in [2.05, 4.69) is 6.58 Å². The van der Waals surface area contributed by atoms with Gasteiger partial charge in [0.05, 0.1) is 50.4 Å². The van der Waals surface area contributed by atoms with Crippen LogP contribution in [0.5, 0.6) is 0 Å². The Morgan fingerprint density at radius 2 is 1.14 bits per heavy atom. The number of hydrogen-bond donors (Lipinski definition) is 0. The Hall–Kier alpha value is -5.83. The molecule has 0 unspecified atom stereocenters. The first-order chi connectivity index (χ1) is 23.5. The predicted octanol–water partition coefficient (Wildman–Crippen LogP) is 10.9. The van der Waals surface area contributed by atoms with Gasteiger partial charge in [-0.1, -0.05) is 36.9 Å². The Labute approximate surface area is 276 Å². The van der Waals surface area contributed by atoms with Crippen LogP contribution in [-0.4, -0.2) is 26.1 Å². The fourth-order valence-corrected chi connectivity index (χ4v) is 7.19. The summed E-state index contributed by atoms with van der Waals surface area (Å²) in [7, 11) is 0. The molecule has 0 saturated carbocycles. The number of aromatic nitrogens is 4. The summed E-state index contributed by atoms with van der Waals surface area (Å²) in [5.41, 5.74) is 9.70. The van der Waals surface area contributed by atoms with Crippen LogP contribution in [0.2, 0.25) is 0 Å². The van der Waals surface area contributed by atoms with E-state index in [-0.39, 0.29) is 12.2 Å². The van der Waals surface area contributed by atoms with Crippen LogP contribution in [0.4, 0.5) is 22.0 Å². The number of hydrogen-bond acceptors (Lipinski definition) is 4. The Morgan fingerprint density at radius 1 is 0.612 bits per heavy atom. The Balaban J connectivity index is 1.20.